The van der Waals surface area contributed by atoms with E-state index in [1.54, 1.807) is 23.1 Å². The van der Waals surface area contributed by atoms with E-state index in [4.69, 9.17) is 0 Å². The Morgan fingerprint density at radius 2 is 2.21 bits per heavy atom. The van der Waals surface area contributed by atoms with Crippen LogP contribution in [0.15, 0.2) is 27.0 Å². The summed E-state index contributed by atoms with van der Waals surface area (Å²) in [5.74, 6) is 0. The average Bonchev–Trinajstić information content (AvgIpc) is 2.79. The highest BCUT2D eigenvalue weighted by Crippen LogP contribution is 2.30. The van der Waals surface area contributed by atoms with Crippen LogP contribution in [0.4, 0.5) is 0 Å². The standard InChI is InChI=1S/C14H19N3S2/c1-4-5-15-7-12-6-10(2)13(16-8-12)19-14-17-11(3)9-18-14/h6,8-9,15H,4-5,7H2,1-3H3. The Labute approximate surface area is 122 Å². The van der Waals surface area contributed by atoms with E-state index in [1.807, 2.05) is 13.1 Å². The number of aryl methyl sites for hydroxylation is 2. The first kappa shape index (κ1) is 14.5. The summed E-state index contributed by atoms with van der Waals surface area (Å²) in [4.78, 5) is 9.01. The molecule has 2 aromatic heterocycles. The van der Waals surface area contributed by atoms with E-state index in [0.717, 1.165) is 34.6 Å². The van der Waals surface area contributed by atoms with E-state index in [-0.39, 0.29) is 0 Å². The van der Waals surface area contributed by atoms with Crippen molar-refractivity contribution >= 4 is 23.1 Å². The van der Waals surface area contributed by atoms with Crippen LogP contribution >= 0.6 is 23.1 Å². The number of nitrogens with zero attached hydrogens (tertiary/aromatic N) is 2. The monoisotopic (exact) mass is 293 g/mol. The predicted octanol–water partition coefficient (Wildman–Crippen LogP) is 3.81. The predicted molar refractivity (Wildman–Crippen MR) is 81.9 cm³/mol. The number of hydrogen-bond donors (Lipinski definition) is 1. The van der Waals surface area contributed by atoms with E-state index in [9.17, 15) is 0 Å². The minimum absolute atomic E-state index is 0.892. The molecule has 1 N–H and O–H groups in total. The summed E-state index contributed by atoms with van der Waals surface area (Å²) in [6.07, 6.45) is 3.11. The number of rotatable bonds is 6. The zero-order chi connectivity index (χ0) is 13.7. The van der Waals surface area contributed by atoms with Gasteiger partial charge in [0.05, 0.1) is 0 Å². The van der Waals surface area contributed by atoms with Crippen LogP contribution in [-0.2, 0) is 6.54 Å². The fourth-order valence-electron chi connectivity index (χ4n) is 1.70. The fourth-order valence-corrected chi connectivity index (χ4v) is 3.47. The van der Waals surface area contributed by atoms with Crippen molar-refractivity contribution in [3.8, 4) is 0 Å². The lowest BCUT2D eigenvalue weighted by Crippen LogP contribution is -2.14. The molecule has 0 bridgehead atoms. The second-order valence-electron chi connectivity index (χ2n) is 4.50. The van der Waals surface area contributed by atoms with E-state index < -0.39 is 0 Å². The Bertz CT molecular complexity index is 537. The molecule has 0 unspecified atom stereocenters. The summed E-state index contributed by atoms with van der Waals surface area (Å²) in [7, 11) is 0. The van der Waals surface area contributed by atoms with Gasteiger partial charge in [0.2, 0.25) is 0 Å². The molecule has 5 heteroatoms. The Morgan fingerprint density at radius 1 is 1.37 bits per heavy atom. The van der Waals surface area contributed by atoms with E-state index in [2.05, 4.69) is 40.6 Å². The maximum absolute atomic E-state index is 4.55. The van der Waals surface area contributed by atoms with Gasteiger partial charge in [-0.25, -0.2) is 9.97 Å². The molecule has 2 heterocycles. The highest BCUT2D eigenvalue weighted by molar-refractivity contribution is 8.01. The van der Waals surface area contributed by atoms with Gasteiger partial charge in [-0.05, 0) is 49.7 Å². The van der Waals surface area contributed by atoms with Crippen molar-refractivity contribution in [2.45, 2.75) is 43.1 Å². The molecule has 0 aliphatic rings. The van der Waals surface area contributed by atoms with Crippen molar-refractivity contribution in [3.05, 3.63) is 34.5 Å². The molecule has 3 nitrogen and oxygen atoms in total. The first-order chi connectivity index (χ1) is 9.19. The van der Waals surface area contributed by atoms with Crippen LogP contribution in [0.2, 0.25) is 0 Å². The molecule has 0 radical (unpaired) electrons. The van der Waals surface area contributed by atoms with Crippen LogP contribution in [0.3, 0.4) is 0 Å². The second kappa shape index (κ2) is 7.03. The fraction of sp³-hybridized carbons (Fsp3) is 0.429. The zero-order valence-corrected chi connectivity index (χ0v) is 13.2. The quantitative estimate of drug-likeness (QED) is 0.822. The molecular formula is C14H19N3S2. The van der Waals surface area contributed by atoms with Gasteiger partial charge < -0.3 is 5.32 Å². The topological polar surface area (TPSA) is 37.8 Å². The largest absolute Gasteiger partial charge is 0.313 e. The van der Waals surface area contributed by atoms with Crippen LogP contribution in [0.1, 0.15) is 30.2 Å². The van der Waals surface area contributed by atoms with Crippen molar-refractivity contribution in [1.29, 1.82) is 0 Å². The van der Waals surface area contributed by atoms with Gasteiger partial charge in [-0.1, -0.05) is 13.0 Å². The van der Waals surface area contributed by atoms with Crippen molar-refractivity contribution in [2.75, 3.05) is 6.54 Å². The lowest BCUT2D eigenvalue weighted by molar-refractivity contribution is 0.672. The van der Waals surface area contributed by atoms with Crippen LogP contribution in [0.25, 0.3) is 0 Å². The van der Waals surface area contributed by atoms with Gasteiger partial charge in [0.15, 0.2) is 4.34 Å². The summed E-state index contributed by atoms with van der Waals surface area (Å²) in [5, 5.41) is 6.51. The number of hydrogen-bond acceptors (Lipinski definition) is 5. The van der Waals surface area contributed by atoms with Crippen molar-refractivity contribution in [2.24, 2.45) is 0 Å². The lowest BCUT2D eigenvalue weighted by Gasteiger charge is -2.07. The number of thiazole rings is 1. The van der Waals surface area contributed by atoms with Gasteiger partial charge in [0.1, 0.15) is 5.03 Å². The smallest absolute Gasteiger partial charge is 0.156 e. The summed E-state index contributed by atoms with van der Waals surface area (Å²) in [6, 6.07) is 2.21. The molecule has 0 aromatic carbocycles. The summed E-state index contributed by atoms with van der Waals surface area (Å²) < 4.78 is 1.06. The molecule has 0 spiro atoms. The summed E-state index contributed by atoms with van der Waals surface area (Å²) in [6.45, 7) is 8.24. The molecular weight excluding hydrogens is 274 g/mol. The number of nitrogens with one attached hydrogen (secondary N) is 1. The SMILES string of the molecule is CCCNCc1cnc(Sc2nc(C)cs2)c(C)c1. The molecule has 0 aliphatic carbocycles. The minimum atomic E-state index is 0.892. The van der Waals surface area contributed by atoms with Crippen LogP contribution < -0.4 is 5.32 Å². The molecule has 2 aromatic rings. The van der Waals surface area contributed by atoms with Crippen LogP contribution in [0, 0.1) is 13.8 Å². The van der Waals surface area contributed by atoms with Crippen molar-refractivity contribution in [1.82, 2.24) is 15.3 Å². The maximum atomic E-state index is 4.55. The molecule has 102 valence electrons. The minimum Gasteiger partial charge on any atom is -0.313 e. The zero-order valence-electron chi connectivity index (χ0n) is 11.6. The van der Waals surface area contributed by atoms with Crippen LogP contribution in [0.5, 0.6) is 0 Å². The molecule has 19 heavy (non-hydrogen) atoms. The molecule has 0 aliphatic heterocycles. The average molecular weight is 293 g/mol. The highest BCUT2D eigenvalue weighted by Gasteiger charge is 2.07. The molecule has 2 rings (SSSR count). The third kappa shape index (κ3) is 4.30. The number of pyridine rings is 1. The Balaban J connectivity index is 2.02. The van der Waals surface area contributed by atoms with E-state index >= 15 is 0 Å². The normalized spacial score (nSPS) is 10.9. The molecule has 0 atom stereocenters. The van der Waals surface area contributed by atoms with E-state index in [1.165, 1.54) is 11.1 Å². The van der Waals surface area contributed by atoms with Gasteiger partial charge in [0, 0.05) is 23.8 Å². The lowest BCUT2D eigenvalue weighted by atomic mass is 10.2. The first-order valence-electron chi connectivity index (χ1n) is 6.45. The van der Waals surface area contributed by atoms with Gasteiger partial charge in [-0.15, -0.1) is 11.3 Å². The van der Waals surface area contributed by atoms with Crippen LogP contribution in [-0.4, -0.2) is 16.5 Å². The second-order valence-corrected chi connectivity index (χ2v) is 6.59. The first-order valence-corrected chi connectivity index (χ1v) is 8.15. The summed E-state index contributed by atoms with van der Waals surface area (Å²) >= 11 is 3.32. The van der Waals surface area contributed by atoms with Gasteiger partial charge in [-0.3, -0.25) is 0 Å². The third-order valence-corrected chi connectivity index (χ3v) is 4.80. The van der Waals surface area contributed by atoms with E-state index in [0.29, 0.717) is 0 Å². The Morgan fingerprint density at radius 3 is 2.84 bits per heavy atom. The highest BCUT2D eigenvalue weighted by atomic mass is 32.2. The van der Waals surface area contributed by atoms with Crippen molar-refractivity contribution in [3.63, 3.8) is 0 Å². The maximum Gasteiger partial charge on any atom is 0.156 e. The Kier molecular flexibility index (Phi) is 5.36. The molecule has 0 fully saturated rings. The van der Waals surface area contributed by atoms with Crippen molar-refractivity contribution < 1.29 is 0 Å². The molecule has 0 saturated heterocycles. The van der Waals surface area contributed by atoms with Gasteiger partial charge in [0.25, 0.3) is 0 Å². The third-order valence-electron chi connectivity index (χ3n) is 2.62. The Hall–Kier alpha value is -0.910. The molecule has 0 saturated carbocycles. The number of aromatic nitrogens is 2. The summed E-state index contributed by atoms with van der Waals surface area (Å²) in [5.41, 5.74) is 3.53. The molecule has 0 amide bonds. The van der Waals surface area contributed by atoms with Gasteiger partial charge >= 0.3 is 0 Å². The van der Waals surface area contributed by atoms with Gasteiger partial charge in [-0.2, -0.15) is 0 Å².